The fraction of sp³-hybridized carbons (Fsp3) is 0.318. The molecule has 0 aliphatic heterocycles. The Morgan fingerprint density at radius 1 is 1.00 bits per heavy atom. The van der Waals surface area contributed by atoms with Gasteiger partial charge in [0.1, 0.15) is 0 Å². The molecular formula is C22H28ClN. The molecule has 0 radical (unpaired) electrons. The molecule has 0 saturated carbocycles. The quantitative estimate of drug-likeness (QED) is 0.583. The minimum Gasteiger partial charge on any atom is -0.310 e. The number of hydrogen-bond acceptors (Lipinski definition) is 1. The second-order valence-corrected chi connectivity index (χ2v) is 6.73. The van der Waals surface area contributed by atoms with Gasteiger partial charge in [-0.3, -0.25) is 0 Å². The fourth-order valence-electron chi connectivity index (χ4n) is 2.39. The Kier molecular flexibility index (Phi) is 7.94. The van der Waals surface area contributed by atoms with E-state index in [2.05, 4.69) is 51.1 Å². The Balaban J connectivity index is 0.000000240. The molecule has 0 aromatic heterocycles. The molecule has 0 amide bonds. The van der Waals surface area contributed by atoms with Gasteiger partial charge >= 0.3 is 0 Å². The summed E-state index contributed by atoms with van der Waals surface area (Å²) in [6.07, 6.45) is 2.88. The summed E-state index contributed by atoms with van der Waals surface area (Å²) >= 11 is 5.91. The smallest absolute Gasteiger partial charge is 0.0435 e. The van der Waals surface area contributed by atoms with E-state index in [0.29, 0.717) is 0 Å². The third-order valence-electron chi connectivity index (χ3n) is 4.00. The van der Waals surface area contributed by atoms with Crippen LogP contribution in [0.4, 0.5) is 0 Å². The van der Waals surface area contributed by atoms with Crippen LogP contribution in [0.3, 0.4) is 0 Å². The number of benzene rings is 2. The van der Waals surface area contributed by atoms with Crippen LogP contribution in [0.5, 0.6) is 0 Å². The average molecular weight is 342 g/mol. The standard InChI is InChI=1S/C11H13Cl.C11H15N/c1-4-8(2)10-5-6-11(12)9(3)7-10;1-8-4-5-11(7-10(3)12)9(2)6-8/h4-7H,1-3H3;4-6,12H,7H2,1-3H3/b8-4+;. The zero-order chi connectivity index (χ0) is 18.3. The van der Waals surface area contributed by atoms with Gasteiger partial charge in [-0.15, -0.1) is 0 Å². The van der Waals surface area contributed by atoms with Crippen molar-refractivity contribution < 1.29 is 0 Å². The first-order chi connectivity index (χ1) is 11.2. The van der Waals surface area contributed by atoms with Gasteiger partial charge in [0.25, 0.3) is 0 Å². The second kappa shape index (κ2) is 9.44. The molecule has 0 unspecified atom stereocenters. The van der Waals surface area contributed by atoms with Crippen molar-refractivity contribution >= 4 is 22.9 Å². The Hall–Kier alpha value is -1.86. The van der Waals surface area contributed by atoms with Crippen molar-refractivity contribution in [1.82, 2.24) is 0 Å². The number of hydrogen-bond donors (Lipinski definition) is 1. The molecule has 2 rings (SSSR count). The van der Waals surface area contributed by atoms with Gasteiger partial charge < -0.3 is 5.41 Å². The van der Waals surface area contributed by atoms with Crippen LogP contribution in [0.2, 0.25) is 5.02 Å². The van der Waals surface area contributed by atoms with Gasteiger partial charge in [0.15, 0.2) is 0 Å². The molecule has 0 bridgehead atoms. The largest absolute Gasteiger partial charge is 0.310 e. The monoisotopic (exact) mass is 341 g/mol. The lowest BCUT2D eigenvalue weighted by Crippen LogP contribution is -1.97. The molecule has 0 spiro atoms. The molecule has 0 saturated heterocycles. The Morgan fingerprint density at radius 2 is 1.67 bits per heavy atom. The van der Waals surface area contributed by atoms with Crippen LogP contribution in [0.25, 0.3) is 5.57 Å². The van der Waals surface area contributed by atoms with Gasteiger partial charge in [-0.2, -0.15) is 0 Å². The van der Waals surface area contributed by atoms with Gasteiger partial charge in [0.2, 0.25) is 0 Å². The van der Waals surface area contributed by atoms with Crippen LogP contribution in [0.15, 0.2) is 42.5 Å². The summed E-state index contributed by atoms with van der Waals surface area (Å²) in [7, 11) is 0. The van der Waals surface area contributed by atoms with E-state index in [1.54, 1.807) is 0 Å². The maximum atomic E-state index is 7.38. The van der Waals surface area contributed by atoms with Crippen LogP contribution in [0, 0.1) is 26.2 Å². The van der Waals surface area contributed by atoms with Crippen LogP contribution < -0.4 is 0 Å². The molecule has 2 heteroatoms. The van der Waals surface area contributed by atoms with E-state index < -0.39 is 0 Å². The minimum absolute atomic E-state index is 0.724. The summed E-state index contributed by atoms with van der Waals surface area (Å²) in [5.41, 5.74) is 8.25. The predicted molar refractivity (Wildman–Crippen MR) is 109 cm³/mol. The Morgan fingerprint density at radius 3 is 2.17 bits per heavy atom. The summed E-state index contributed by atoms with van der Waals surface area (Å²) in [5.74, 6) is 0. The number of halogens is 1. The highest BCUT2D eigenvalue weighted by molar-refractivity contribution is 6.31. The summed E-state index contributed by atoms with van der Waals surface area (Å²) in [4.78, 5) is 0. The molecule has 128 valence electrons. The summed E-state index contributed by atoms with van der Waals surface area (Å²) in [6, 6.07) is 12.5. The Bertz CT molecular complexity index is 742. The lowest BCUT2D eigenvalue weighted by molar-refractivity contribution is 1.20. The van der Waals surface area contributed by atoms with E-state index in [9.17, 15) is 0 Å². The van der Waals surface area contributed by atoms with Crippen molar-refractivity contribution in [3.8, 4) is 0 Å². The van der Waals surface area contributed by atoms with Crippen molar-refractivity contribution in [2.75, 3.05) is 0 Å². The average Bonchev–Trinajstić information content (AvgIpc) is 2.52. The first-order valence-electron chi connectivity index (χ1n) is 8.24. The normalized spacial score (nSPS) is 10.9. The SMILES string of the molecule is C/C=C(\C)c1ccc(Cl)c(C)c1.CC(=N)Cc1ccc(C)cc1C. The van der Waals surface area contributed by atoms with Crippen molar-refractivity contribution in [3.63, 3.8) is 0 Å². The van der Waals surface area contributed by atoms with Gasteiger partial charge in [-0.1, -0.05) is 53.6 Å². The molecule has 0 aliphatic carbocycles. The van der Waals surface area contributed by atoms with Crippen LogP contribution >= 0.6 is 11.6 Å². The molecule has 2 aromatic carbocycles. The molecule has 0 atom stereocenters. The highest BCUT2D eigenvalue weighted by Crippen LogP contribution is 2.20. The third kappa shape index (κ3) is 6.33. The molecular weight excluding hydrogens is 314 g/mol. The fourth-order valence-corrected chi connectivity index (χ4v) is 2.50. The zero-order valence-corrected chi connectivity index (χ0v) is 16.4. The number of aryl methyl sites for hydroxylation is 3. The van der Waals surface area contributed by atoms with Crippen molar-refractivity contribution in [1.29, 1.82) is 5.41 Å². The maximum absolute atomic E-state index is 7.38. The Labute approximate surface area is 151 Å². The maximum Gasteiger partial charge on any atom is 0.0435 e. The van der Waals surface area contributed by atoms with Crippen LogP contribution in [-0.2, 0) is 6.42 Å². The summed E-state index contributed by atoms with van der Waals surface area (Å²) in [6.45, 7) is 12.2. The van der Waals surface area contributed by atoms with Crippen LogP contribution in [0.1, 0.15) is 48.6 Å². The summed E-state index contributed by atoms with van der Waals surface area (Å²) in [5, 5.41) is 8.22. The zero-order valence-electron chi connectivity index (χ0n) is 15.6. The molecule has 0 fully saturated rings. The highest BCUT2D eigenvalue weighted by atomic mass is 35.5. The van der Waals surface area contributed by atoms with Gasteiger partial charge in [-0.25, -0.2) is 0 Å². The first-order valence-corrected chi connectivity index (χ1v) is 8.62. The van der Waals surface area contributed by atoms with Gasteiger partial charge in [0, 0.05) is 17.2 Å². The lowest BCUT2D eigenvalue weighted by Gasteiger charge is -2.04. The topological polar surface area (TPSA) is 23.9 Å². The lowest BCUT2D eigenvalue weighted by atomic mass is 10.0. The van der Waals surface area contributed by atoms with E-state index in [0.717, 1.165) is 22.7 Å². The molecule has 1 nitrogen and oxygen atoms in total. The summed E-state index contributed by atoms with van der Waals surface area (Å²) < 4.78 is 0. The number of nitrogens with one attached hydrogen (secondary N) is 1. The van der Waals surface area contributed by atoms with E-state index in [1.165, 1.54) is 27.8 Å². The van der Waals surface area contributed by atoms with E-state index in [1.807, 2.05) is 32.9 Å². The predicted octanol–water partition coefficient (Wildman–Crippen LogP) is 6.96. The van der Waals surface area contributed by atoms with E-state index in [-0.39, 0.29) is 0 Å². The highest BCUT2D eigenvalue weighted by Gasteiger charge is 1.99. The molecule has 1 N–H and O–H groups in total. The van der Waals surface area contributed by atoms with Gasteiger partial charge in [-0.05, 0) is 75.4 Å². The molecule has 24 heavy (non-hydrogen) atoms. The van der Waals surface area contributed by atoms with Crippen molar-refractivity contribution in [2.24, 2.45) is 0 Å². The third-order valence-corrected chi connectivity index (χ3v) is 4.42. The second-order valence-electron chi connectivity index (χ2n) is 6.32. The number of rotatable bonds is 3. The molecule has 2 aromatic rings. The van der Waals surface area contributed by atoms with Crippen molar-refractivity contribution in [2.45, 2.75) is 48.0 Å². The van der Waals surface area contributed by atoms with Crippen LogP contribution in [-0.4, -0.2) is 5.71 Å². The van der Waals surface area contributed by atoms with E-state index >= 15 is 0 Å². The minimum atomic E-state index is 0.724. The molecule has 0 heterocycles. The first kappa shape index (κ1) is 20.2. The van der Waals surface area contributed by atoms with Crippen molar-refractivity contribution in [3.05, 3.63) is 75.3 Å². The van der Waals surface area contributed by atoms with E-state index in [4.69, 9.17) is 17.0 Å². The number of allylic oxidation sites excluding steroid dienone is 2. The van der Waals surface area contributed by atoms with Gasteiger partial charge in [0.05, 0.1) is 0 Å². The molecule has 0 aliphatic rings.